The Balaban J connectivity index is 0.000000861. The van der Waals surface area contributed by atoms with E-state index >= 15 is 0 Å². The summed E-state index contributed by atoms with van der Waals surface area (Å²) in [7, 11) is 0. The molecule has 0 fully saturated rings. The molecule has 0 atom stereocenters. The summed E-state index contributed by atoms with van der Waals surface area (Å²) in [6, 6.07) is 13.7. The fourth-order valence-electron chi connectivity index (χ4n) is 1.41. The van der Waals surface area contributed by atoms with E-state index in [0.29, 0.717) is 11.5 Å². The Morgan fingerprint density at radius 1 is 1.05 bits per heavy atom. The molecule has 0 saturated carbocycles. The number of benzene rings is 2. The van der Waals surface area contributed by atoms with E-state index in [9.17, 15) is 4.79 Å². The molecule has 0 aliphatic carbocycles. The first kappa shape index (κ1) is 14.6. The van der Waals surface area contributed by atoms with E-state index in [4.69, 9.17) is 15.6 Å². The molecule has 0 aliphatic rings. The Kier molecular flexibility index (Phi) is 5.41. The number of rotatable bonds is 3. The lowest BCUT2D eigenvalue weighted by Crippen LogP contribution is -2.02. The van der Waals surface area contributed by atoms with Crippen LogP contribution in [0.1, 0.15) is 24.2 Å². The second-order valence-corrected chi connectivity index (χ2v) is 3.47. The number of anilines is 1. The first-order valence-electron chi connectivity index (χ1n) is 6.02. The van der Waals surface area contributed by atoms with Crippen molar-refractivity contribution in [3.63, 3.8) is 0 Å². The summed E-state index contributed by atoms with van der Waals surface area (Å²) in [5, 5.41) is 8.92. The van der Waals surface area contributed by atoms with Crippen LogP contribution in [-0.2, 0) is 0 Å². The van der Waals surface area contributed by atoms with Gasteiger partial charge in [0.05, 0.1) is 5.56 Å². The molecule has 100 valence electrons. The third kappa shape index (κ3) is 4.03. The number of carbonyl (C=O) groups is 1. The van der Waals surface area contributed by atoms with Gasteiger partial charge in [0.1, 0.15) is 11.5 Å². The average molecular weight is 259 g/mol. The molecule has 0 aromatic heterocycles. The maximum Gasteiger partial charge on any atom is 0.337 e. The van der Waals surface area contributed by atoms with Crippen LogP contribution in [0.4, 0.5) is 5.69 Å². The molecule has 19 heavy (non-hydrogen) atoms. The molecule has 0 bridgehead atoms. The molecule has 0 radical (unpaired) electrons. The SMILES string of the molecule is CC.Nc1ccc(Oc2ccccc2)cc1C(=O)O. The number of carboxylic acids is 1. The van der Waals surface area contributed by atoms with Crippen LogP contribution >= 0.6 is 0 Å². The zero-order valence-electron chi connectivity index (χ0n) is 11.0. The molecule has 4 nitrogen and oxygen atoms in total. The van der Waals surface area contributed by atoms with Gasteiger partial charge in [-0.15, -0.1) is 0 Å². The lowest BCUT2D eigenvalue weighted by atomic mass is 10.2. The number of ether oxygens (including phenoxy) is 1. The third-order valence-corrected chi connectivity index (χ3v) is 2.23. The van der Waals surface area contributed by atoms with Gasteiger partial charge in [-0.05, 0) is 30.3 Å². The highest BCUT2D eigenvalue weighted by Crippen LogP contribution is 2.24. The van der Waals surface area contributed by atoms with E-state index in [2.05, 4.69) is 0 Å². The predicted molar refractivity (Wildman–Crippen MR) is 75.7 cm³/mol. The lowest BCUT2D eigenvalue weighted by molar-refractivity contribution is 0.0697. The summed E-state index contributed by atoms with van der Waals surface area (Å²) >= 11 is 0. The van der Waals surface area contributed by atoms with Crippen molar-refractivity contribution < 1.29 is 14.6 Å². The number of nitrogens with two attached hydrogens (primary N) is 1. The monoisotopic (exact) mass is 259 g/mol. The summed E-state index contributed by atoms with van der Waals surface area (Å²) in [5.41, 5.74) is 5.81. The zero-order chi connectivity index (χ0) is 14.3. The van der Waals surface area contributed by atoms with Gasteiger partial charge in [0.15, 0.2) is 0 Å². The number of hydrogen-bond acceptors (Lipinski definition) is 3. The smallest absolute Gasteiger partial charge is 0.337 e. The van der Waals surface area contributed by atoms with E-state index in [0.717, 1.165) is 0 Å². The van der Waals surface area contributed by atoms with Gasteiger partial charge in [-0.3, -0.25) is 0 Å². The standard InChI is InChI=1S/C13H11NO3.C2H6/c14-12-7-6-10(8-11(12)13(15)16)17-9-4-2-1-3-5-9;1-2/h1-8H,14H2,(H,15,16);1-2H3. The normalized spacial score (nSPS) is 9.16. The molecule has 0 saturated heterocycles. The van der Waals surface area contributed by atoms with Crippen LogP contribution in [0.15, 0.2) is 48.5 Å². The molecule has 0 heterocycles. The highest BCUT2D eigenvalue weighted by Gasteiger charge is 2.09. The van der Waals surface area contributed by atoms with Gasteiger partial charge in [0, 0.05) is 5.69 Å². The van der Waals surface area contributed by atoms with Gasteiger partial charge in [-0.2, -0.15) is 0 Å². The van der Waals surface area contributed by atoms with Gasteiger partial charge in [-0.25, -0.2) is 4.79 Å². The highest BCUT2D eigenvalue weighted by atomic mass is 16.5. The van der Waals surface area contributed by atoms with E-state index in [1.54, 1.807) is 18.2 Å². The second kappa shape index (κ2) is 7.06. The number of para-hydroxylation sites is 1. The van der Waals surface area contributed by atoms with Gasteiger partial charge >= 0.3 is 5.97 Å². The van der Waals surface area contributed by atoms with Crippen LogP contribution in [0.3, 0.4) is 0 Å². The van der Waals surface area contributed by atoms with Crippen molar-refractivity contribution in [1.29, 1.82) is 0 Å². The summed E-state index contributed by atoms with van der Waals surface area (Å²) in [4.78, 5) is 10.9. The van der Waals surface area contributed by atoms with Crippen LogP contribution in [-0.4, -0.2) is 11.1 Å². The van der Waals surface area contributed by atoms with Crippen LogP contribution in [0.2, 0.25) is 0 Å². The Bertz CT molecular complexity index is 538. The summed E-state index contributed by atoms with van der Waals surface area (Å²) in [5.74, 6) is 0.0254. The van der Waals surface area contributed by atoms with Gasteiger partial charge < -0.3 is 15.6 Å². The van der Waals surface area contributed by atoms with E-state index in [1.807, 2.05) is 32.0 Å². The first-order chi connectivity index (χ1) is 9.16. The minimum absolute atomic E-state index is 0.0402. The van der Waals surface area contributed by atoms with Gasteiger partial charge in [0.25, 0.3) is 0 Å². The molecule has 3 N–H and O–H groups in total. The molecule has 2 aromatic carbocycles. The van der Waals surface area contributed by atoms with E-state index in [-0.39, 0.29) is 11.3 Å². The van der Waals surface area contributed by atoms with Gasteiger partial charge in [-0.1, -0.05) is 32.0 Å². The molecular weight excluding hydrogens is 242 g/mol. The van der Waals surface area contributed by atoms with Crippen LogP contribution in [0, 0.1) is 0 Å². The Labute approximate surface area is 112 Å². The quantitative estimate of drug-likeness (QED) is 0.822. The van der Waals surface area contributed by atoms with Gasteiger partial charge in [0.2, 0.25) is 0 Å². The number of carboxylic acid groups (broad SMARTS) is 1. The summed E-state index contributed by atoms with van der Waals surface area (Å²) in [6.45, 7) is 4.00. The largest absolute Gasteiger partial charge is 0.478 e. The summed E-state index contributed by atoms with van der Waals surface area (Å²) in [6.07, 6.45) is 0. The van der Waals surface area contributed by atoms with E-state index < -0.39 is 5.97 Å². The van der Waals surface area contributed by atoms with Crippen molar-refractivity contribution in [1.82, 2.24) is 0 Å². The van der Waals surface area contributed by atoms with Crippen molar-refractivity contribution in [3.8, 4) is 11.5 Å². The molecule has 0 spiro atoms. The predicted octanol–water partition coefficient (Wildman–Crippen LogP) is 3.79. The molecule has 4 heteroatoms. The average Bonchev–Trinajstić information content (AvgIpc) is 2.44. The second-order valence-electron chi connectivity index (χ2n) is 3.47. The molecule has 0 aliphatic heterocycles. The van der Waals surface area contributed by atoms with Crippen molar-refractivity contribution in [2.45, 2.75) is 13.8 Å². The molecular formula is C15H17NO3. The zero-order valence-corrected chi connectivity index (χ0v) is 11.0. The van der Waals surface area contributed by atoms with E-state index in [1.165, 1.54) is 12.1 Å². The Morgan fingerprint density at radius 3 is 2.26 bits per heavy atom. The Morgan fingerprint density at radius 2 is 1.68 bits per heavy atom. The molecule has 2 rings (SSSR count). The fraction of sp³-hybridized carbons (Fsp3) is 0.133. The third-order valence-electron chi connectivity index (χ3n) is 2.23. The minimum atomic E-state index is -1.07. The lowest BCUT2D eigenvalue weighted by Gasteiger charge is -2.07. The van der Waals surface area contributed by atoms with Crippen molar-refractivity contribution in [2.24, 2.45) is 0 Å². The molecule has 0 unspecified atom stereocenters. The van der Waals surface area contributed by atoms with Crippen LogP contribution in [0.5, 0.6) is 11.5 Å². The Hall–Kier alpha value is -2.49. The highest BCUT2D eigenvalue weighted by molar-refractivity contribution is 5.94. The topological polar surface area (TPSA) is 72.5 Å². The van der Waals surface area contributed by atoms with Crippen molar-refractivity contribution in [2.75, 3.05) is 5.73 Å². The minimum Gasteiger partial charge on any atom is -0.478 e. The van der Waals surface area contributed by atoms with Crippen molar-refractivity contribution >= 4 is 11.7 Å². The first-order valence-corrected chi connectivity index (χ1v) is 6.02. The number of nitrogen functional groups attached to an aromatic ring is 1. The van der Waals surface area contributed by atoms with Crippen LogP contribution < -0.4 is 10.5 Å². The number of aromatic carboxylic acids is 1. The maximum absolute atomic E-state index is 10.9. The van der Waals surface area contributed by atoms with Crippen molar-refractivity contribution in [3.05, 3.63) is 54.1 Å². The molecule has 0 amide bonds. The maximum atomic E-state index is 10.9. The van der Waals surface area contributed by atoms with Crippen LogP contribution in [0.25, 0.3) is 0 Å². The number of hydrogen-bond donors (Lipinski definition) is 2. The summed E-state index contributed by atoms with van der Waals surface area (Å²) < 4.78 is 5.51. The fourth-order valence-corrected chi connectivity index (χ4v) is 1.41. The molecule has 2 aromatic rings.